The van der Waals surface area contributed by atoms with Gasteiger partial charge in [-0.3, -0.25) is 24.3 Å². The Morgan fingerprint density at radius 3 is 1.36 bits per heavy atom. The van der Waals surface area contributed by atoms with Crippen LogP contribution in [0.3, 0.4) is 0 Å². The molecule has 5 aromatic heterocycles. The monoisotopic (exact) mass is 1820 g/mol. The molecule has 7 unspecified atom stereocenters. The standard InChI is InChI=1S/C17H25BN3O4S.C17H31N3O2SSi.C17H29N3O2SSi.C13H18BN2O4S.C11H17N3O2S.C4H9NSi.C2H7N/c1-3-7-25-20(2)14-10-21(18-12-22)9-13-17(14)26-15(19-13)11-24-16-6-4-5-8-23-16;2*1-8-9-21-20(5)14-11-18-10-13-16(14)23-15(19-13)12-22-24(6,7)17(2,3)4;17-8-14-16-5-9-13(10(18)6-16)21-11(15-9)7-20-12-3-1-2-4-19-12;1-3-4-16-14(2)9-6-12-5-8-11(9)17-10(7-15)13-8;1-6(2,3)4-5;1-3-2/h3,12,14,16H,1,4-11H2,2H3;8,14,18H,1,9-12H2,2-7H3;8,10,14H,1,9,11-12H2,2-7H3;8,10,12,18H,1-7H2;3,9,12,15H,1,4-7H2,2H3;1-3H3;3H,1-2H3. The molecule has 7 atom stereocenters. The summed E-state index contributed by atoms with van der Waals surface area (Å²) in [6, 6.07) is 0.445. The van der Waals surface area contributed by atoms with Crippen molar-refractivity contribution in [2.45, 2.75) is 238 Å². The van der Waals surface area contributed by atoms with Crippen molar-refractivity contribution in [3.63, 3.8) is 0 Å². The highest BCUT2D eigenvalue weighted by Gasteiger charge is 2.41. The van der Waals surface area contributed by atoms with Gasteiger partial charge in [0.05, 0.1) is 142 Å². The Kier molecular flexibility index (Phi) is 45.9. The lowest BCUT2D eigenvalue weighted by Gasteiger charge is -2.35. The predicted molar refractivity (Wildman–Crippen MR) is 494 cm³/mol. The fourth-order valence-corrected chi connectivity index (χ4v) is 19.5. The van der Waals surface area contributed by atoms with Gasteiger partial charge in [0.25, 0.3) is 14.8 Å². The molecule has 5 aromatic rings. The highest BCUT2D eigenvalue weighted by molar-refractivity contribution is 7.13. The number of hydrogen-bond acceptors (Lipinski definition) is 35. The number of β-amino-alcohol motifs (C(OH)–C–C–N with tert-alkyl or cyclic N) is 1. The average molecular weight is 1820 g/mol. The molecule has 0 saturated carbocycles. The largest absolute Gasteiger partial charge is 0.410 e. The number of aliphatic hydroxyl groups excluding tert-OH is 2. The summed E-state index contributed by atoms with van der Waals surface area (Å²) >= 11 is 8.14. The van der Waals surface area contributed by atoms with Crippen molar-refractivity contribution in [3.8, 4) is 5.69 Å². The van der Waals surface area contributed by atoms with Crippen LogP contribution in [0.25, 0.3) is 0 Å². The first-order valence-corrected chi connectivity index (χ1v) is 54.7. The minimum Gasteiger partial charge on any atom is -0.410 e. The first-order chi connectivity index (χ1) is 57.5. The Morgan fingerprint density at radius 1 is 0.570 bits per heavy atom. The van der Waals surface area contributed by atoms with E-state index in [1.165, 1.54) is 33.4 Å². The third-order valence-corrected chi connectivity index (χ3v) is 36.2. The van der Waals surface area contributed by atoms with Crippen molar-refractivity contribution >= 4 is 115 Å². The zero-order valence-electron chi connectivity index (χ0n) is 75.1. The summed E-state index contributed by atoms with van der Waals surface area (Å²) < 4.78 is 35.4. The molecule has 40 heteroatoms. The van der Waals surface area contributed by atoms with E-state index in [2.05, 4.69) is 131 Å². The summed E-state index contributed by atoms with van der Waals surface area (Å²) in [5.74, 6) is 0. The molecule has 12 rings (SSSR count). The topological polar surface area (TPSA) is 323 Å². The van der Waals surface area contributed by atoms with E-state index >= 15 is 0 Å². The van der Waals surface area contributed by atoms with Gasteiger partial charge in [-0.25, -0.2) is 30.2 Å². The van der Waals surface area contributed by atoms with E-state index in [0.717, 1.165) is 154 Å². The summed E-state index contributed by atoms with van der Waals surface area (Å²) in [4.78, 5) is 81.0. The number of aliphatic imine (C=N–C) groups is 1. The van der Waals surface area contributed by atoms with Gasteiger partial charge in [-0.15, -0.1) is 83.0 Å². The summed E-state index contributed by atoms with van der Waals surface area (Å²) in [6.07, 6.45) is 15.8. The second-order valence-electron chi connectivity index (χ2n) is 33.7. The zero-order chi connectivity index (χ0) is 89.1. The van der Waals surface area contributed by atoms with Gasteiger partial charge < -0.3 is 73.2 Å². The van der Waals surface area contributed by atoms with Gasteiger partial charge in [0.1, 0.15) is 44.4 Å². The van der Waals surface area contributed by atoms with Crippen LogP contribution < -0.4 is 16.0 Å². The third kappa shape index (κ3) is 34.3. The Hall–Kier alpha value is -4.45. The molecule has 30 nitrogen and oxygen atoms in total. The molecule has 0 aliphatic carbocycles. The maximum Gasteiger partial charge on any atom is 0.293 e. The lowest BCUT2D eigenvalue weighted by Crippen LogP contribution is -2.42. The van der Waals surface area contributed by atoms with Crippen LogP contribution >= 0.6 is 56.7 Å². The maximum absolute atomic E-state index is 10.9. The molecule has 12 heterocycles. The van der Waals surface area contributed by atoms with Gasteiger partial charge in [-0.1, -0.05) is 85.5 Å². The van der Waals surface area contributed by atoms with Crippen LogP contribution in [0.4, 0.5) is 0 Å². The minimum absolute atomic E-state index is 0.00160. The van der Waals surface area contributed by atoms with E-state index in [9.17, 15) is 14.7 Å². The lowest BCUT2D eigenvalue weighted by molar-refractivity contribution is -0.169. The smallest absolute Gasteiger partial charge is 0.293 e. The van der Waals surface area contributed by atoms with Crippen LogP contribution in [0.15, 0.2) is 55.6 Å². The third-order valence-electron chi connectivity index (χ3n) is 20.7. The second kappa shape index (κ2) is 52.7. The van der Waals surface area contributed by atoms with Gasteiger partial charge >= 0.3 is 0 Å². The number of thiazole rings is 5. The molecule has 121 heavy (non-hydrogen) atoms. The number of nitrogens with zero attached hydrogens (tertiary/aromatic N) is 13. The number of carbonyl (C=O) groups is 2. The van der Waals surface area contributed by atoms with Crippen LogP contribution in [0.5, 0.6) is 0 Å². The van der Waals surface area contributed by atoms with Gasteiger partial charge in [0.2, 0.25) is 0 Å². The molecule has 2 fully saturated rings. The number of likely N-dealkylation sites (N-methyl/N-ethyl adjacent to an activating group) is 4. The summed E-state index contributed by atoms with van der Waals surface area (Å²) in [6.45, 7) is 55.1. The molecular weight excluding hydrogens is 1690 g/mol. The highest BCUT2D eigenvalue weighted by Crippen LogP contribution is 2.42. The first-order valence-electron chi connectivity index (χ1n) is 41.3. The Labute approximate surface area is 744 Å². The quantitative estimate of drug-likeness (QED) is 0.0113. The number of hydrogen-bond donors (Lipinski definition) is 5. The Balaban J connectivity index is 0.000000229. The van der Waals surface area contributed by atoms with E-state index in [-0.39, 0.29) is 53.4 Å². The number of nitriles is 1. The van der Waals surface area contributed by atoms with Crippen LogP contribution in [-0.4, -0.2) is 250 Å². The number of hydroxylamine groups is 8. The minimum atomic E-state index is -1.77. The van der Waals surface area contributed by atoms with Crippen LogP contribution in [-0.2, 0) is 116 Å². The summed E-state index contributed by atoms with van der Waals surface area (Å²) in [7, 11) is 9.61. The van der Waals surface area contributed by atoms with E-state index in [0.29, 0.717) is 85.6 Å². The fraction of sp³-hybridized carbons (Fsp3) is 0.667. The number of nitrogens with one attached hydrogen (secondary N) is 3. The molecule has 2 saturated heterocycles. The van der Waals surface area contributed by atoms with Crippen LogP contribution in [0.1, 0.15) is 188 Å². The van der Waals surface area contributed by atoms with Crippen molar-refractivity contribution in [1.82, 2.24) is 70.7 Å². The van der Waals surface area contributed by atoms with E-state index in [1.807, 2.05) is 93.2 Å². The zero-order valence-corrected chi connectivity index (χ0v) is 82.2. The molecule has 0 bridgehead atoms. The number of aromatic nitrogens is 5. The molecule has 7 aliphatic rings. The normalized spacial score (nSPS) is 20.3. The Bertz CT molecular complexity index is 4010. The number of carbonyl (C=O) groups excluding carboxylic acids is 2. The van der Waals surface area contributed by atoms with Gasteiger partial charge in [-0.2, -0.15) is 20.3 Å². The number of ether oxygens (including phenoxy) is 4. The molecule has 0 amide bonds. The molecule has 672 valence electrons. The van der Waals surface area contributed by atoms with Crippen molar-refractivity contribution in [1.29, 1.82) is 5.26 Å². The van der Waals surface area contributed by atoms with E-state index in [4.69, 9.17) is 72.5 Å². The lowest BCUT2D eigenvalue weighted by atomic mass is 9.90. The Morgan fingerprint density at radius 2 is 0.942 bits per heavy atom. The van der Waals surface area contributed by atoms with Crippen LogP contribution in [0.2, 0.25) is 55.9 Å². The van der Waals surface area contributed by atoms with Crippen molar-refractivity contribution in [2.24, 2.45) is 4.99 Å². The van der Waals surface area contributed by atoms with Gasteiger partial charge in [0.15, 0.2) is 37.3 Å². The summed E-state index contributed by atoms with van der Waals surface area (Å²) in [5, 5.41) is 49.4. The van der Waals surface area contributed by atoms with Gasteiger partial charge in [0, 0.05) is 106 Å². The van der Waals surface area contributed by atoms with Crippen molar-refractivity contribution < 1.29 is 67.0 Å². The molecule has 0 aromatic carbocycles. The maximum atomic E-state index is 10.9. The fourth-order valence-electron chi connectivity index (χ4n) is 12.0. The molecule has 0 spiro atoms. The first kappa shape index (κ1) is 105. The van der Waals surface area contributed by atoms with Crippen molar-refractivity contribution in [2.75, 3.05) is 115 Å². The molecule has 5 N–H and O–H groups in total. The second-order valence-corrected chi connectivity index (χ2v) is 53.6. The molecule has 2 radical (unpaired) electrons. The van der Waals surface area contributed by atoms with Crippen LogP contribution in [0, 0.1) is 11.0 Å². The van der Waals surface area contributed by atoms with Gasteiger partial charge in [-0.05, 0) is 88.9 Å². The predicted octanol–water partition coefficient (Wildman–Crippen LogP) is 12.8. The molecular formula is C81H136B2N16O14S5Si3. The SMILES string of the molecule is C=CCON(C)C1CN([B]C=O)Cc2nc(COC3CCCCO3)sc21.C=CCON(C)C1CN=Cc2nc(CO[Si](C)(C)C(C)(C)C)sc21.C=CCON(C)C1CNCc2nc(CO)sc21.C=CCON(C)C1CNCc2nc(CO[Si](C)(C)C(C)(C)C)sc21.CNC.C[Si](C)(C)C#N.O=C[B]N1Cc2nc(COC3CCCCO3)sc2C(O)C1. The van der Waals surface area contributed by atoms with E-state index < -0.39 is 30.8 Å². The van der Waals surface area contributed by atoms with Crippen molar-refractivity contribution in [3.05, 3.63) is 129 Å². The number of fused-ring (bicyclic) bond motifs is 5. The summed E-state index contributed by atoms with van der Waals surface area (Å²) in [5.41, 5.74) is 7.14. The van der Waals surface area contributed by atoms with E-state index in [1.54, 1.807) is 81.9 Å². The average Bonchev–Trinajstić information content (AvgIpc) is 1.65. The number of rotatable bonds is 33. The molecule has 7 aliphatic heterocycles. The highest BCUT2D eigenvalue weighted by atomic mass is 32.1. The number of aliphatic hydroxyl groups is 2.